The molecule has 0 spiro atoms. The lowest BCUT2D eigenvalue weighted by Gasteiger charge is -2.38. The Hall–Kier alpha value is -3.16. The van der Waals surface area contributed by atoms with E-state index in [1.807, 2.05) is 30.9 Å². The van der Waals surface area contributed by atoms with Crippen molar-refractivity contribution in [3.63, 3.8) is 0 Å². The Labute approximate surface area is 213 Å². The van der Waals surface area contributed by atoms with E-state index in [4.69, 9.17) is 12.2 Å². The molecule has 2 aliphatic rings. The highest BCUT2D eigenvalue weighted by molar-refractivity contribution is 8.26. The van der Waals surface area contributed by atoms with E-state index in [1.165, 1.54) is 22.4 Å². The van der Waals surface area contributed by atoms with Crippen LogP contribution in [0.2, 0.25) is 0 Å². The third kappa shape index (κ3) is 4.46. The smallest absolute Gasteiger partial charge is 0.270 e. The van der Waals surface area contributed by atoms with Crippen molar-refractivity contribution in [2.24, 2.45) is 7.05 Å². The van der Waals surface area contributed by atoms with E-state index in [0.717, 1.165) is 0 Å². The van der Waals surface area contributed by atoms with E-state index >= 15 is 0 Å². The highest BCUT2D eigenvalue weighted by Crippen LogP contribution is 2.37. The molecule has 0 unspecified atom stereocenters. The number of para-hydroxylation sites is 1. The predicted molar refractivity (Wildman–Crippen MR) is 142 cm³/mol. The molecule has 2 fully saturated rings. The van der Waals surface area contributed by atoms with Crippen LogP contribution in [0.5, 0.6) is 0 Å². The van der Waals surface area contributed by atoms with Gasteiger partial charge < -0.3 is 9.80 Å². The highest BCUT2D eigenvalue weighted by atomic mass is 32.2. The number of thiocarbonyl (C=S) groups is 1. The van der Waals surface area contributed by atoms with Gasteiger partial charge in [0.05, 0.1) is 10.6 Å². The summed E-state index contributed by atoms with van der Waals surface area (Å²) in [4.78, 5) is 32.1. The molecule has 35 heavy (non-hydrogen) atoms. The van der Waals surface area contributed by atoms with Crippen LogP contribution in [0.1, 0.15) is 30.5 Å². The van der Waals surface area contributed by atoms with Gasteiger partial charge in [-0.1, -0.05) is 36.1 Å². The lowest BCUT2D eigenvalue weighted by molar-refractivity contribution is -0.123. The van der Waals surface area contributed by atoms with Crippen molar-refractivity contribution in [3.05, 3.63) is 62.0 Å². The monoisotopic (exact) mass is 511 g/mol. The first kappa shape index (κ1) is 24.9. The van der Waals surface area contributed by atoms with Crippen molar-refractivity contribution in [3.8, 4) is 6.07 Å². The number of hydrogen-bond acceptors (Lipinski definition) is 7. The molecular weight excluding hydrogens is 485 g/mol. The predicted octanol–water partition coefficient (Wildman–Crippen LogP) is 3.64. The number of carbonyl (C=O) groups is 1. The summed E-state index contributed by atoms with van der Waals surface area (Å²) < 4.78 is 16.3. The molecule has 1 aromatic carbocycles. The fourth-order valence-electron chi connectivity index (χ4n) is 4.52. The highest BCUT2D eigenvalue weighted by Gasteiger charge is 2.35. The van der Waals surface area contributed by atoms with Crippen molar-refractivity contribution >= 4 is 51.8 Å². The summed E-state index contributed by atoms with van der Waals surface area (Å²) in [6.45, 7) is 7.74. The second-order valence-electron chi connectivity index (χ2n) is 8.78. The zero-order chi connectivity index (χ0) is 25.4. The Bertz CT molecular complexity index is 1340. The van der Waals surface area contributed by atoms with E-state index < -0.39 is 0 Å². The Kier molecular flexibility index (Phi) is 7.01. The zero-order valence-electron chi connectivity index (χ0n) is 20.0. The SMILES string of the molecule is Cc1c(C=C2SC(=S)N(C(C)C)C2=O)c(N2CCN(c3ccccc3F)CC2)n(C)c(=O)c1C#N. The lowest BCUT2D eigenvalue weighted by Crippen LogP contribution is -2.48. The summed E-state index contributed by atoms with van der Waals surface area (Å²) in [5, 5.41) is 9.66. The number of piperazine rings is 1. The molecule has 1 amide bonds. The minimum Gasteiger partial charge on any atom is -0.366 e. The van der Waals surface area contributed by atoms with Gasteiger partial charge in [-0.25, -0.2) is 4.39 Å². The summed E-state index contributed by atoms with van der Waals surface area (Å²) >= 11 is 6.64. The van der Waals surface area contributed by atoms with Gasteiger partial charge in [0.2, 0.25) is 0 Å². The number of aromatic nitrogens is 1. The molecular formula is C25H26FN5O2S2. The fourth-order valence-corrected chi connectivity index (χ4v) is 6.02. The molecule has 2 aliphatic heterocycles. The number of carbonyl (C=O) groups excluding carboxylic acids is 1. The van der Waals surface area contributed by atoms with Gasteiger partial charge >= 0.3 is 0 Å². The number of nitrogens with zero attached hydrogens (tertiary/aromatic N) is 5. The maximum atomic E-state index is 14.3. The van der Waals surface area contributed by atoms with Crippen LogP contribution in [0.25, 0.3) is 6.08 Å². The Balaban J connectivity index is 1.75. The quantitative estimate of drug-likeness (QED) is 0.458. The maximum Gasteiger partial charge on any atom is 0.270 e. The van der Waals surface area contributed by atoms with Crippen molar-refractivity contribution in [2.75, 3.05) is 36.0 Å². The van der Waals surface area contributed by atoms with Gasteiger partial charge in [0.15, 0.2) is 0 Å². The number of hydrogen-bond donors (Lipinski definition) is 0. The number of amides is 1. The molecule has 10 heteroatoms. The van der Waals surface area contributed by atoms with E-state index in [9.17, 15) is 19.2 Å². The Morgan fingerprint density at radius 2 is 1.77 bits per heavy atom. The van der Waals surface area contributed by atoms with Gasteiger partial charge in [-0.3, -0.25) is 19.1 Å². The van der Waals surface area contributed by atoms with Gasteiger partial charge in [-0.05, 0) is 44.5 Å². The molecule has 0 saturated carbocycles. The minimum absolute atomic E-state index is 0.0480. The Morgan fingerprint density at radius 1 is 1.14 bits per heavy atom. The van der Waals surface area contributed by atoms with Crippen LogP contribution in [0, 0.1) is 24.1 Å². The van der Waals surface area contributed by atoms with Crippen LogP contribution in [0.4, 0.5) is 15.9 Å². The van der Waals surface area contributed by atoms with Crippen molar-refractivity contribution < 1.29 is 9.18 Å². The number of benzene rings is 1. The molecule has 0 N–H and O–H groups in total. The summed E-state index contributed by atoms with van der Waals surface area (Å²) in [6, 6.07) is 8.63. The van der Waals surface area contributed by atoms with Crippen molar-refractivity contribution in [1.29, 1.82) is 5.26 Å². The van der Waals surface area contributed by atoms with Crippen LogP contribution in [0.3, 0.4) is 0 Å². The van der Waals surface area contributed by atoms with Crippen LogP contribution in [0.15, 0.2) is 34.0 Å². The van der Waals surface area contributed by atoms with E-state index in [2.05, 4.69) is 4.90 Å². The fraction of sp³-hybridized carbons (Fsp3) is 0.360. The molecule has 0 aliphatic carbocycles. The van der Waals surface area contributed by atoms with E-state index in [0.29, 0.717) is 58.0 Å². The van der Waals surface area contributed by atoms with Gasteiger partial charge in [0.25, 0.3) is 11.5 Å². The second kappa shape index (κ2) is 9.84. The van der Waals surface area contributed by atoms with Crippen LogP contribution in [-0.2, 0) is 11.8 Å². The minimum atomic E-state index is -0.386. The molecule has 0 radical (unpaired) electrons. The number of halogens is 1. The largest absolute Gasteiger partial charge is 0.366 e. The summed E-state index contributed by atoms with van der Waals surface area (Å²) in [5.74, 6) is 0.182. The summed E-state index contributed by atoms with van der Waals surface area (Å²) in [5.41, 5.74) is 1.38. The average Bonchev–Trinajstić information content (AvgIpc) is 3.11. The van der Waals surface area contributed by atoms with Crippen LogP contribution >= 0.6 is 24.0 Å². The molecule has 182 valence electrons. The first-order chi connectivity index (χ1) is 16.6. The van der Waals surface area contributed by atoms with E-state index in [1.54, 1.807) is 37.1 Å². The molecule has 2 aromatic rings. The number of anilines is 2. The number of nitriles is 1. The van der Waals surface area contributed by atoms with Crippen molar-refractivity contribution in [1.82, 2.24) is 9.47 Å². The normalized spacial score (nSPS) is 17.6. The third-order valence-corrected chi connectivity index (χ3v) is 7.69. The van der Waals surface area contributed by atoms with E-state index in [-0.39, 0.29) is 28.9 Å². The summed E-state index contributed by atoms with van der Waals surface area (Å²) in [7, 11) is 1.64. The molecule has 1 aromatic heterocycles. The maximum absolute atomic E-state index is 14.3. The summed E-state index contributed by atoms with van der Waals surface area (Å²) in [6.07, 6.45) is 1.75. The molecule has 2 saturated heterocycles. The van der Waals surface area contributed by atoms with Gasteiger partial charge in [0.1, 0.15) is 27.6 Å². The number of pyridine rings is 1. The number of thioether (sulfide) groups is 1. The van der Waals surface area contributed by atoms with Crippen molar-refractivity contribution in [2.45, 2.75) is 26.8 Å². The number of rotatable bonds is 4. The Morgan fingerprint density at radius 3 is 2.34 bits per heavy atom. The molecule has 0 bridgehead atoms. The molecule has 7 nitrogen and oxygen atoms in total. The van der Waals surface area contributed by atoms with Crippen LogP contribution in [-0.4, -0.2) is 51.9 Å². The topological polar surface area (TPSA) is 72.6 Å². The third-order valence-electron chi connectivity index (χ3n) is 6.36. The molecule has 3 heterocycles. The van der Waals surface area contributed by atoms with Gasteiger partial charge in [-0.15, -0.1) is 0 Å². The average molecular weight is 512 g/mol. The van der Waals surface area contributed by atoms with Gasteiger partial charge in [0, 0.05) is 44.8 Å². The first-order valence-electron chi connectivity index (χ1n) is 11.3. The standard InChI is InChI=1S/C25H26FN5O2S2/c1-15(2)31-24(33)21(35-25(31)34)13-17-16(3)18(14-27)23(32)28(4)22(17)30-11-9-29(10-12-30)20-8-6-5-7-19(20)26/h5-8,13,15H,9-12H2,1-4H3. The lowest BCUT2D eigenvalue weighted by atomic mass is 10.0. The first-order valence-corrected chi connectivity index (χ1v) is 12.5. The second-order valence-corrected chi connectivity index (χ2v) is 10.5. The van der Waals surface area contributed by atoms with Crippen LogP contribution < -0.4 is 15.4 Å². The molecule has 4 rings (SSSR count). The van der Waals surface area contributed by atoms with Gasteiger partial charge in [-0.2, -0.15) is 5.26 Å². The molecule has 0 atom stereocenters. The zero-order valence-corrected chi connectivity index (χ0v) is 21.7.